The first kappa shape index (κ1) is 15.7. The average Bonchev–Trinajstić information content (AvgIpc) is 3.36. The zero-order valence-corrected chi connectivity index (χ0v) is 14.3. The summed E-state index contributed by atoms with van der Waals surface area (Å²) in [5.41, 5.74) is 3.08. The van der Waals surface area contributed by atoms with Gasteiger partial charge in [0.05, 0.1) is 0 Å². The smallest absolute Gasteiger partial charge is 0.255 e. The minimum Gasteiger partial charge on any atom is -0.326 e. The molecule has 1 fully saturated rings. The molecule has 0 atom stereocenters. The van der Waals surface area contributed by atoms with Gasteiger partial charge in [-0.1, -0.05) is 15.9 Å². The fourth-order valence-electron chi connectivity index (χ4n) is 2.22. The predicted octanol–water partition coefficient (Wildman–Crippen LogP) is 4.36. The Labute approximate surface area is 143 Å². The van der Waals surface area contributed by atoms with Crippen molar-refractivity contribution < 1.29 is 9.59 Å². The van der Waals surface area contributed by atoms with Crippen molar-refractivity contribution in [2.75, 3.05) is 10.6 Å². The summed E-state index contributed by atoms with van der Waals surface area (Å²) in [5.74, 6) is 0.0537. The fraction of sp³-hybridized carbons (Fsp3) is 0.222. The van der Waals surface area contributed by atoms with Crippen LogP contribution < -0.4 is 10.6 Å². The van der Waals surface area contributed by atoms with E-state index >= 15 is 0 Å². The Morgan fingerprint density at radius 2 is 1.65 bits per heavy atom. The summed E-state index contributed by atoms with van der Waals surface area (Å²) >= 11 is 3.44. The number of hydrogen-bond donors (Lipinski definition) is 2. The van der Waals surface area contributed by atoms with Crippen molar-refractivity contribution in [3.63, 3.8) is 0 Å². The molecule has 2 aromatic rings. The SMILES string of the molecule is Cc1cc(NC(=O)c2ccc(NC(=O)C3CC3)cc2)ccc1Br. The van der Waals surface area contributed by atoms with Crippen LogP contribution in [0.15, 0.2) is 46.9 Å². The highest BCUT2D eigenvalue weighted by Crippen LogP contribution is 2.30. The second-order valence-corrected chi connectivity index (χ2v) is 6.61. The molecule has 23 heavy (non-hydrogen) atoms. The van der Waals surface area contributed by atoms with Gasteiger partial charge in [-0.25, -0.2) is 0 Å². The lowest BCUT2D eigenvalue weighted by molar-refractivity contribution is -0.117. The minimum atomic E-state index is -0.174. The third-order valence-corrected chi connectivity index (χ3v) is 4.67. The average molecular weight is 373 g/mol. The molecular weight excluding hydrogens is 356 g/mol. The Hall–Kier alpha value is -2.14. The first-order valence-corrected chi connectivity index (χ1v) is 8.30. The first-order chi connectivity index (χ1) is 11.0. The zero-order valence-electron chi connectivity index (χ0n) is 12.7. The zero-order chi connectivity index (χ0) is 16.4. The Morgan fingerprint density at radius 3 is 2.26 bits per heavy atom. The molecule has 0 saturated heterocycles. The Morgan fingerprint density at radius 1 is 1.00 bits per heavy atom. The highest BCUT2D eigenvalue weighted by atomic mass is 79.9. The van der Waals surface area contributed by atoms with E-state index in [-0.39, 0.29) is 17.7 Å². The third kappa shape index (κ3) is 3.99. The molecule has 2 aromatic carbocycles. The van der Waals surface area contributed by atoms with E-state index in [4.69, 9.17) is 0 Å². The molecule has 5 heteroatoms. The van der Waals surface area contributed by atoms with Gasteiger partial charge in [0.2, 0.25) is 5.91 Å². The summed E-state index contributed by atoms with van der Waals surface area (Å²) < 4.78 is 1.01. The van der Waals surface area contributed by atoms with E-state index in [0.717, 1.165) is 34.3 Å². The summed E-state index contributed by atoms with van der Waals surface area (Å²) in [6, 6.07) is 12.6. The molecule has 118 valence electrons. The molecule has 3 rings (SSSR count). The number of carbonyl (C=O) groups is 2. The third-order valence-electron chi connectivity index (χ3n) is 3.78. The van der Waals surface area contributed by atoms with Gasteiger partial charge in [-0.3, -0.25) is 9.59 Å². The van der Waals surface area contributed by atoms with Crippen molar-refractivity contribution in [3.05, 3.63) is 58.1 Å². The van der Waals surface area contributed by atoms with E-state index in [1.807, 2.05) is 25.1 Å². The van der Waals surface area contributed by atoms with Gasteiger partial charge in [0.25, 0.3) is 5.91 Å². The van der Waals surface area contributed by atoms with Crippen molar-refractivity contribution in [2.24, 2.45) is 5.92 Å². The standard InChI is InChI=1S/C18H17BrN2O2/c1-11-10-15(8-9-16(11)19)21-18(23)13-4-6-14(7-5-13)20-17(22)12-2-3-12/h4-10,12H,2-3H2,1H3,(H,20,22)(H,21,23). The second kappa shape index (κ2) is 6.54. The largest absolute Gasteiger partial charge is 0.326 e. The molecule has 0 unspecified atom stereocenters. The molecule has 4 nitrogen and oxygen atoms in total. The minimum absolute atomic E-state index is 0.0625. The van der Waals surface area contributed by atoms with Gasteiger partial charge in [-0.2, -0.15) is 0 Å². The van der Waals surface area contributed by atoms with Crippen LogP contribution >= 0.6 is 15.9 Å². The number of anilines is 2. The molecule has 1 aliphatic carbocycles. The maximum absolute atomic E-state index is 12.3. The van der Waals surface area contributed by atoms with E-state index in [0.29, 0.717) is 5.56 Å². The van der Waals surface area contributed by atoms with Crippen LogP contribution in [0.1, 0.15) is 28.8 Å². The van der Waals surface area contributed by atoms with Gasteiger partial charge in [0.1, 0.15) is 0 Å². The van der Waals surface area contributed by atoms with Crippen molar-refractivity contribution in [1.29, 1.82) is 0 Å². The molecule has 0 radical (unpaired) electrons. The van der Waals surface area contributed by atoms with Gasteiger partial charge in [0, 0.05) is 27.3 Å². The monoisotopic (exact) mass is 372 g/mol. The van der Waals surface area contributed by atoms with Crippen LogP contribution in [0.4, 0.5) is 11.4 Å². The van der Waals surface area contributed by atoms with Gasteiger partial charge in [-0.05, 0) is 67.8 Å². The summed E-state index contributed by atoms with van der Waals surface area (Å²) in [7, 11) is 0. The molecule has 1 aliphatic rings. The van der Waals surface area contributed by atoms with Crippen LogP contribution in [0.5, 0.6) is 0 Å². The van der Waals surface area contributed by atoms with Gasteiger partial charge >= 0.3 is 0 Å². The lowest BCUT2D eigenvalue weighted by atomic mass is 10.1. The Kier molecular flexibility index (Phi) is 4.48. The quantitative estimate of drug-likeness (QED) is 0.837. The topological polar surface area (TPSA) is 58.2 Å². The maximum atomic E-state index is 12.3. The lowest BCUT2D eigenvalue weighted by Gasteiger charge is -2.08. The lowest BCUT2D eigenvalue weighted by Crippen LogP contribution is -2.14. The van der Waals surface area contributed by atoms with Crippen molar-refractivity contribution >= 4 is 39.1 Å². The van der Waals surface area contributed by atoms with Gasteiger partial charge < -0.3 is 10.6 Å². The summed E-state index contributed by atoms with van der Waals surface area (Å²) in [6.07, 6.45) is 1.94. The number of amides is 2. The Bertz CT molecular complexity index is 752. The maximum Gasteiger partial charge on any atom is 0.255 e. The van der Waals surface area contributed by atoms with E-state index in [1.54, 1.807) is 24.3 Å². The van der Waals surface area contributed by atoms with E-state index in [9.17, 15) is 9.59 Å². The molecule has 0 aromatic heterocycles. The van der Waals surface area contributed by atoms with Crippen molar-refractivity contribution in [3.8, 4) is 0 Å². The van der Waals surface area contributed by atoms with Crippen LogP contribution in [-0.2, 0) is 4.79 Å². The number of rotatable bonds is 4. The van der Waals surface area contributed by atoms with E-state index < -0.39 is 0 Å². The van der Waals surface area contributed by atoms with Crippen LogP contribution in [0.25, 0.3) is 0 Å². The number of aryl methyl sites for hydroxylation is 1. The molecule has 1 saturated carbocycles. The number of halogens is 1. The molecule has 0 aliphatic heterocycles. The van der Waals surface area contributed by atoms with Crippen LogP contribution in [0.2, 0.25) is 0 Å². The molecule has 2 N–H and O–H groups in total. The highest BCUT2D eigenvalue weighted by molar-refractivity contribution is 9.10. The molecule has 0 heterocycles. The highest BCUT2D eigenvalue weighted by Gasteiger charge is 2.29. The van der Waals surface area contributed by atoms with E-state index in [1.165, 1.54) is 0 Å². The number of nitrogens with one attached hydrogen (secondary N) is 2. The predicted molar refractivity (Wildman–Crippen MR) is 94.6 cm³/mol. The van der Waals surface area contributed by atoms with Crippen molar-refractivity contribution in [1.82, 2.24) is 0 Å². The fourth-order valence-corrected chi connectivity index (χ4v) is 2.47. The summed E-state index contributed by atoms with van der Waals surface area (Å²) in [4.78, 5) is 24.0. The number of carbonyl (C=O) groups excluding carboxylic acids is 2. The van der Waals surface area contributed by atoms with E-state index in [2.05, 4.69) is 26.6 Å². The second-order valence-electron chi connectivity index (χ2n) is 5.76. The normalized spacial score (nSPS) is 13.5. The molecular formula is C18H17BrN2O2. The van der Waals surface area contributed by atoms with Crippen molar-refractivity contribution in [2.45, 2.75) is 19.8 Å². The van der Waals surface area contributed by atoms with Gasteiger partial charge in [-0.15, -0.1) is 0 Å². The van der Waals surface area contributed by atoms with Crippen LogP contribution in [0.3, 0.4) is 0 Å². The van der Waals surface area contributed by atoms with Crippen LogP contribution in [0, 0.1) is 12.8 Å². The molecule has 0 spiro atoms. The summed E-state index contributed by atoms with van der Waals surface area (Å²) in [6.45, 7) is 1.97. The number of benzene rings is 2. The molecule has 0 bridgehead atoms. The Balaban J connectivity index is 1.64. The summed E-state index contributed by atoms with van der Waals surface area (Å²) in [5, 5.41) is 5.73. The first-order valence-electron chi connectivity index (χ1n) is 7.51. The molecule has 2 amide bonds. The number of hydrogen-bond acceptors (Lipinski definition) is 2. The van der Waals surface area contributed by atoms with Crippen LogP contribution in [-0.4, -0.2) is 11.8 Å². The van der Waals surface area contributed by atoms with Gasteiger partial charge in [0.15, 0.2) is 0 Å².